The van der Waals surface area contributed by atoms with Crippen molar-refractivity contribution in [2.24, 2.45) is 11.8 Å². The Hall–Kier alpha value is -1.09. The van der Waals surface area contributed by atoms with Gasteiger partial charge in [-0.25, -0.2) is 4.39 Å². The third kappa shape index (κ3) is 3.47. The van der Waals surface area contributed by atoms with Gasteiger partial charge in [-0.3, -0.25) is 0 Å². The van der Waals surface area contributed by atoms with Crippen molar-refractivity contribution < 1.29 is 9.13 Å². The molecule has 1 fully saturated rings. The first kappa shape index (κ1) is 14.3. The predicted octanol–water partition coefficient (Wildman–Crippen LogP) is 3.40. The number of ether oxygens (including phenoxy) is 1. The fourth-order valence-electron chi connectivity index (χ4n) is 3.13. The quantitative estimate of drug-likeness (QED) is 0.851. The van der Waals surface area contributed by atoms with Gasteiger partial charge in [0.25, 0.3) is 0 Å². The fourth-order valence-corrected chi connectivity index (χ4v) is 3.13. The molecule has 1 N–H and O–H groups in total. The second-order valence-electron chi connectivity index (χ2n) is 5.40. The topological polar surface area (TPSA) is 21.3 Å². The molecule has 1 aliphatic carbocycles. The molecule has 0 saturated heterocycles. The van der Waals surface area contributed by atoms with Gasteiger partial charge in [0.2, 0.25) is 0 Å². The molecule has 2 unspecified atom stereocenters. The molecule has 19 heavy (non-hydrogen) atoms. The Labute approximate surface area is 115 Å². The van der Waals surface area contributed by atoms with Gasteiger partial charge in [0.05, 0.1) is 7.11 Å². The monoisotopic (exact) mass is 265 g/mol. The molecule has 0 aromatic heterocycles. The van der Waals surface area contributed by atoms with Crippen LogP contribution < -0.4 is 10.1 Å². The van der Waals surface area contributed by atoms with Crippen molar-refractivity contribution in [1.29, 1.82) is 0 Å². The standard InChI is InChI=1S/C16H24FNO/c1-3-18-11-14-8-4-6-12(14)10-13-7-5-9-15(19-2)16(13)17/h5,7,9,12,14,18H,3-4,6,8,10-11H2,1-2H3. The summed E-state index contributed by atoms with van der Waals surface area (Å²) in [5.41, 5.74) is 0.799. The normalized spacial score (nSPS) is 22.7. The van der Waals surface area contributed by atoms with Crippen LogP contribution >= 0.6 is 0 Å². The summed E-state index contributed by atoms with van der Waals surface area (Å²) < 4.78 is 19.2. The molecule has 0 heterocycles. The maximum Gasteiger partial charge on any atom is 0.168 e. The third-order valence-electron chi connectivity index (χ3n) is 4.22. The molecule has 1 saturated carbocycles. The predicted molar refractivity (Wildman–Crippen MR) is 76.0 cm³/mol. The minimum Gasteiger partial charge on any atom is -0.494 e. The Morgan fingerprint density at radius 2 is 2.11 bits per heavy atom. The minimum atomic E-state index is -0.181. The van der Waals surface area contributed by atoms with Crippen molar-refractivity contribution in [2.45, 2.75) is 32.6 Å². The zero-order valence-electron chi connectivity index (χ0n) is 11.9. The molecule has 3 heteroatoms. The molecular weight excluding hydrogens is 241 g/mol. The highest BCUT2D eigenvalue weighted by atomic mass is 19.1. The summed E-state index contributed by atoms with van der Waals surface area (Å²) in [5, 5.41) is 3.42. The van der Waals surface area contributed by atoms with Crippen LogP contribution in [0.1, 0.15) is 31.7 Å². The van der Waals surface area contributed by atoms with Crippen LogP contribution in [0.3, 0.4) is 0 Å². The highest BCUT2D eigenvalue weighted by Crippen LogP contribution is 2.35. The van der Waals surface area contributed by atoms with Crippen LogP contribution in [0.5, 0.6) is 5.75 Å². The Bertz CT molecular complexity index is 408. The Morgan fingerprint density at radius 3 is 2.84 bits per heavy atom. The molecule has 0 bridgehead atoms. The van der Waals surface area contributed by atoms with Crippen LogP contribution in [0.25, 0.3) is 0 Å². The van der Waals surface area contributed by atoms with Gasteiger partial charge < -0.3 is 10.1 Å². The van der Waals surface area contributed by atoms with Crippen LogP contribution in [0, 0.1) is 17.7 Å². The zero-order valence-corrected chi connectivity index (χ0v) is 11.9. The van der Waals surface area contributed by atoms with Crippen molar-refractivity contribution in [3.63, 3.8) is 0 Å². The summed E-state index contributed by atoms with van der Waals surface area (Å²) in [6.07, 6.45) is 4.58. The largest absolute Gasteiger partial charge is 0.494 e. The van der Waals surface area contributed by atoms with Crippen LogP contribution in [0.2, 0.25) is 0 Å². The van der Waals surface area contributed by atoms with E-state index in [4.69, 9.17) is 4.74 Å². The van der Waals surface area contributed by atoms with E-state index in [2.05, 4.69) is 12.2 Å². The molecular formula is C16H24FNO. The average molecular weight is 265 g/mol. The van der Waals surface area contributed by atoms with Gasteiger partial charge in [-0.15, -0.1) is 0 Å². The number of hydrogen-bond donors (Lipinski definition) is 1. The van der Waals surface area contributed by atoms with E-state index in [0.29, 0.717) is 17.6 Å². The summed E-state index contributed by atoms with van der Waals surface area (Å²) in [5.74, 6) is 1.46. The lowest BCUT2D eigenvalue weighted by atomic mass is 9.89. The first-order chi connectivity index (χ1) is 9.26. The smallest absolute Gasteiger partial charge is 0.168 e. The van der Waals surface area contributed by atoms with Gasteiger partial charge in [0.15, 0.2) is 11.6 Å². The molecule has 0 spiro atoms. The Kier molecular flexibility index (Phi) is 5.20. The van der Waals surface area contributed by atoms with Gasteiger partial charge in [-0.2, -0.15) is 0 Å². The van der Waals surface area contributed by atoms with Gasteiger partial charge in [-0.05, 0) is 55.8 Å². The number of halogens is 1. The second kappa shape index (κ2) is 6.90. The van der Waals surface area contributed by atoms with E-state index in [9.17, 15) is 4.39 Å². The van der Waals surface area contributed by atoms with Crippen molar-refractivity contribution in [3.05, 3.63) is 29.6 Å². The molecule has 2 nitrogen and oxygen atoms in total. The van der Waals surface area contributed by atoms with Crippen LogP contribution in [0.15, 0.2) is 18.2 Å². The van der Waals surface area contributed by atoms with E-state index in [0.717, 1.165) is 25.1 Å². The molecule has 0 amide bonds. The Balaban J connectivity index is 2.03. The molecule has 0 aliphatic heterocycles. The number of methoxy groups -OCH3 is 1. The lowest BCUT2D eigenvalue weighted by molar-refractivity contribution is 0.356. The number of benzene rings is 1. The molecule has 2 rings (SSSR count). The van der Waals surface area contributed by atoms with Crippen LogP contribution in [0.4, 0.5) is 4.39 Å². The first-order valence-corrected chi connectivity index (χ1v) is 7.28. The lowest BCUT2D eigenvalue weighted by Gasteiger charge is -2.20. The van der Waals surface area contributed by atoms with E-state index < -0.39 is 0 Å². The molecule has 1 aromatic rings. The van der Waals surface area contributed by atoms with Gasteiger partial charge >= 0.3 is 0 Å². The Morgan fingerprint density at radius 1 is 1.32 bits per heavy atom. The summed E-state index contributed by atoms with van der Waals surface area (Å²) in [6, 6.07) is 5.45. The average Bonchev–Trinajstić information content (AvgIpc) is 2.86. The second-order valence-corrected chi connectivity index (χ2v) is 5.40. The van der Waals surface area contributed by atoms with E-state index in [1.54, 1.807) is 6.07 Å². The van der Waals surface area contributed by atoms with E-state index >= 15 is 0 Å². The summed E-state index contributed by atoms with van der Waals surface area (Å²) in [6.45, 7) is 4.20. The molecule has 0 radical (unpaired) electrons. The summed E-state index contributed by atoms with van der Waals surface area (Å²) in [4.78, 5) is 0. The van der Waals surface area contributed by atoms with Crippen molar-refractivity contribution in [2.75, 3.05) is 20.2 Å². The fraction of sp³-hybridized carbons (Fsp3) is 0.625. The van der Waals surface area contributed by atoms with Gasteiger partial charge in [0.1, 0.15) is 0 Å². The third-order valence-corrected chi connectivity index (χ3v) is 4.22. The van der Waals surface area contributed by atoms with E-state index in [-0.39, 0.29) is 5.82 Å². The number of hydrogen-bond acceptors (Lipinski definition) is 2. The van der Waals surface area contributed by atoms with E-state index in [1.165, 1.54) is 26.4 Å². The summed E-state index contributed by atoms with van der Waals surface area (Å²) in [7, 11) is 1.52. The van der Waals surface area contributed by atoms with Gasteiger partial charge in [0, 0.05) is 0 Å². The zero-order chi connectivity index (χ0) is 13.7. The van der Waals surface area contributed by atoms with Gasteiger partial charge in [-0.1, -0.05) is 25.5 Å². The molecule has 106 valence electrons. The SMILES string of the molecule is CCNCC1CCCC1Cc1cccc(OC)c1F. The minimum absolute atomic E-state index is 0.181. The van der Waals surface area contributed by atoms with Crippen LogP contribution in [-0.4, -0.2) is 20.2 Å². The number of nitrogens with one attached hydrogen (secondary N) is 1. The maximum atomic E-state index is 14.2. The van der Waals surface area contributed by atoms with Crippen molar-refractivity contribution in [1.82, 2.24) is 5.32 Å². The van der Waals surface area contributed by atoms with E-state index in [1.807, 2.05) is 12.1 Å². The first-order valence-electron chi connectivity index (χ1n) is 7.28. The lowest BCUT2D eigenvalue weighted by Crippen LogP contribution is -2.26. The molecule has 1 aliphatic rings. The van der Waals surface area contributed by atoms with Crippen molar-refractivity contribution >= 4 is 0 Å². The number of rotatable bonds is 6. The maximum absolute atomic E-state index is 14.2. The molecule has 1 aromatic carbocycles. The van der Waals surface area contributed by atoms with Crippen LogP contribution in [-0.2, 0) is 6.42 Å². The highest BCUT2D eigenvalue weighted by molar-refractivity contribution is 5.31. The van der Waals surface area contributed by atoms with Crippen molar-refractivity contribution in [3.8, 4) is 5.75 Å². The summed E-state index contributed by atoms with van der Waals surface area (Å²) >= 11 is 0. The molecule has 2 atom stereocenters. The highest BCUT2D eigenvalue weighted by Gasteiger charge is 2.27.